The predicted octanol–water partition coefficient (Wildman–Crippen LogP) is 6.35. The number of hydrogen-bond acceptors (Lipinski definition) is 5. The van der Waals surface area contributed by atoms with Gasteiger partial charge in [-0.1, -0.05) is 43.7 Å². The van der Waals surface area contributed by atoms with Gasteiger partial charge in [-0.25, -0.2) is 9.98 Å². The number of aliphatic imine (C=N–C) groups is 2. The summed E-state index contributed by atoms with van der Waals surface area (Å²) in [7, 11) is 0. The number of benzene rings is 2. The summed E-state index contributed by atoms with van der Waals surface area (Å²) in [4.78, 5) is 26.6. The van der Waals surface area contributed by atoms with Gasteiger partial charge in [0.05, 0.1) is 33.6 Å². The zero-order valence-electron chi connectivity index (χ0n) is 18.1. The summed E-state index contributed by atoms with van der Waals surface area (Å²) >= 11 is 1.44. The Kier molecular flexibility index (Phi) is 7.46. The minimum atomic E-state index is -0.0483. The van der Waals surface area contributed by atoms with Gasteiger partial charge < -0.3 is 5.32 Å². The van der Waals surface area contributed by atoms with Crippen LogP contribution in [-0.2, 0) is 11.2 Å². The number of carbonyl (C=O) groups excluding carboxylic acids is 1. The Morgan fingerprint density at radius 1 is 0.969 bits per heavy atom. The first kappa shape index (κ1) is 22.0. The summed E-state index contributed by atoms with van der Waals surface area (Å²) in [6.07, 6.45) is 5.73. The normalized spacial score (nSPS) is 12.9. The number of para-hydroxylation sites is 2. The molecular weight excluding hydrogens is 416 g/mol. The minimum absolute atomic E-state index is 0.0483. The van der Waals surface area contributed by atoms with Crippen LogP contribution >= 0.6 is 11.8 Å². The van der Waals surface area contributed by atoms with Crippen LogP contribution in [0.3, 0.4) is 0 Å². The molecule has 1 aliphatic heterocycles. The summed E-state index contributed by atoms with van der Waals surface area (Å²) in [5, 5.41) is 3.84. The fourth-order valence-electron chi connectivity index (χ4n) is 3.40. The van der Waals surface area contributed by atoms with E-state index in [1.165, 1.54) is 30.2 Å². The van der Waals surface area contributed by atoms with E-state index < -0.39 is 0 Å². The van der Waals surface area contributed by atoms with Crippen LogP contribution in [0.5, 0.6) is 0 Å². The smallest absolute Gasteiger partial charge is 0.234 e. The second-order valence-corrected chi connectivity index (χ2v) is 8.63. The van der Waals surface area contributed by atoms with Gasteiger partial charge in [-0.3, -0.25) is 9.78 Å². The first-order chi connectivity index (χ1) is 15.7. The maximum absolute atomic E-state index is 12.6. The molecule has 4 rings (SSSR count). The third-order valence-corrected chi connectivity index (χ3v) is 6.06. The van der Waals surface area contributed by atoms with E-state index in [1.807, 2.05) is 54.6 Å². The van der Waals surface area contributed by atoms with Gasteiger partial charge in [0, 0.05) is 18.3 Å². The Morgan fingerprint density at radius 3 is 2.44 bits per heavy atom. The van der Waals surface area contributed by atoms with E-state index in [-0.39, 0.29) is 11.7 Å². The van der Waals surface area contributed by atoms with E-state index in [4.69, 9.17) is 9.98 Å². The van der Waals surface area contributed by atoms with Crippen molar-refractivity contribution in [2.24, 2.45) is 9.98 Å². The largest absolute Gasteiger partial charge is 0.325 e. The molecule has 6 heteroatoms. The first-order valence-corrected chi connectivity index (χ1v) is 11.9. The summed E-state index contributed by atoms with van der Waals surface area (Å²) in [6.45, 7) is 2.19. The number of rotatable bonds is 7. The van der Waals surface area contributed by atoms with E-state index in [0.717, 1.165) is 39.9 Å². The lowest BCUT2D eigenvalue weighted by Gasteiger charge is -2.08. The number of fused-ring (bicyclic) bond motifs is 1. The van der Waals surface area contributed by atoms with E-state index in [0.29, 0.717) is 6.42 Å². The molecule has 5 nitrogen and oxygen atoms in total. The topological polar surface area (TPSA) is 66.7 Å². The molecule has 0 saturated heterocycles. The van der Waals surface area contributed by atoms with Crippen molar-refractivity contribution in [3.63, 3.8) is 0 Å². The number of unbranched alkanes of at least 4 members (excludes halogenated alkanes) is 1. The molecule has 162 valence electrons. The zero-order chi connectivity index (χ0) is 22.2. The SMILES string of the molecule is CCCCc1ccc(NC(=O)CSC2=Nc3ccccc3N=C(c3ccccn3)C2)cc1. The molecule has 2 aromatic carbocycles. The van der Waals surface area contributed by atoms with Gasteiger partial charge in [-0.15, -0.1) is 11.8 Å². The molecule has 0 spiro atoms. The molecule has 0 saturated carbocycles. The summed E-state index contributed by atoms with van der Waals surface area (Å²) in [5.41, 5.74) is 5.42. The maximum atomic E-state index is 12.6. The molecule has 1 N–H and O–H groups in total. The Labute approximate surface area is 193 Å². The van der Waals surface area contributed by atoms with Crippen LogP contribution in [0.15, 0.2) is 82.9 Å². The van der Waals surface area contributed by atoms with Crippen molar-refractivity contribution in [2.45, 2.75) is 32.6 Å². The average Bonchev–Trinajstić information content (AvgIpc) is 3.02. The number of pyridine rings is 1. The first-order valence-electron chi connectivity index (χ1n) is 10.9. The fraction of sp³-hybridized carbons (Fsp3) is 0.231. The highest BCUT2D eigenvalue weighted by Crippen LogP contribution is 2.33. The number of amides is 1. The quantitative estimate of drug-likeness (QED) is 0.463. The number of carbonyl (C=O) groups is 1. The average molecular weight is 443 g/mol. The van der Waals surface area contributed by atoms with Crippen LogP contribution in [-0.4, -0.2) is 27.4 Å². The molecule has 0 atom stereocenters. The van der Waals surface area contributed by atoms with Crippen LogP contribution < -0.4 is 5.32 Å². The minimum Gasteiger partial charge on any atom is -0.325 e. The Bertz CT molecular complexity index is 1120. The Morgan fingerprint density at radius 2 is 1.72 bits per heavy atom. The van der Waals surface area contributed by atoms with Crippen molar-refractivity contribution >= 4 is 45.5 Å². The van der Waals surface area contributed by atoms with Gasteiger partial charge in [0.2, 0.25) is 5.91 Å². The Hall–Kier alpha value is -3.25. The standard InChI is InChI=1S/C26H26N4OS/c1-2-3-8-19-12-14-20(15-13-19)28-25(31)18-32-26-17-24(21-9-6-7-16-27-21)29-22-10-4-5-11-23(22)30-26/h4-7,9-16H,2-3,8,17-18H2,1H3,(H,28,31). The van der Waals surface area contributed by atoms with Gasteiger partial charge >= 0.3 is 0 Å². The van der Waals surface area contributed by atoms with Crippen molar-refractivity contribution in [1.29, 1.82) is 0 Å². The van der Waals surface area contributed by atoms with Crippen molar-refractivity contribution < 1.29 is 4.79 Å². The highest BCUT2D eigenvalue weighted by molar-refractivity contribution is 8.14. The van der Waals surface area contributed by atoms with E-state index in [9.17, 15) is 4.79 Å². The van der Waals surface area contributed by atoms with Crippen molar-refractivity contribution in [1.82, 2.24) is 4.98 Å². The number of thioether (sulfide) groups is 1. The maximum Gasteiger partial charge on any atom is 0.234 e. The van der Waals surface area contributed by atoms with Crippen molar-refractivity contribution in [3.8, 4) is 0 Å². The molecule has 2 heterocycles. The number of nitrogens with zero attached hydrogens (tertiary/aromatic N) is 3. The molecule has 1 amide bonds. The third kappa shape index (κ3) is 5.92. The second-order valence-electron chi connectivity index (χ2n) is 7.58. The van der Waals surface area contributed by atoms with Crippen molar-refractivity contribution in [2.75, 3.05) is 11.1 Å². The van der Waals surface area contributed by atoms with Crippen LogP contribution in [0.4, 0.5) is 17.1 Å². The predicted molar refractivity (Wildman–Crippen MR) is 135 cm³/mol. The van der Waals surface area contributed by atoms with Gasteiger partial charge in [0.25, 0.3) is 0 Å². The molecule has 0 aliphatic carbocycles. The number of nitrogens with one attached hydrogen (secondary N) is 1. The van der Waals surface area contributed by atoms with Crippen LogP contribution in [0.2, 0.25) is 0 Å². The van der Waals surface area contributed by atoms with Crippen LogP contribution in [0, 0.1) is 0 Å². The molecule has 0 unspecified atom stereocenters. The molecular formula is C26H26N4OS. The highest BCUT2D eigenvalue weighted by atomic mass is 32.2. The lowest BCUT2D eigenvalue weighted by molar-refractivity contribution is -0.113. The number of aromatic nitrogens is 1. The Balaban J connectivity index is 1.42. The van der Waals surface area contributed by atoms with Crippen molar-refractivity contribution in [3.05, 3.63) is 84.2 Å². The molecule has 32 heavy (non-hydrogen) atoms. The number of aryl methyl sites for hydroxylation is 1. The van der Waals surface area contributed by atoms with E-state index in [2.05, 4.69) is 29.4 Å². The molecule has 0 bridgehead atoms. The summed E-state index contributed by atoms with van der Waals surface area (Å²) < 4.78 is 0. The lowest BCUT2D eigenvalue weighted by atomic mass is 10.1. The highest BCUT2D eigenvalue weighted by Gasteiger charge is 2.17. The molecule has 3 aromatic rings. The number of hydrogen-bond donors (Lipinski definition) is 1. The molecule has 1 aromatic heterocycles. The second kappa shape index (κ2) is 10.9. The third-order valence-electron chi connectivity index (χ3n) is 5.09. The van der Waals surface area contributed by atoms with E-state index >= 15 is 0 Å². The van der Waals surface area contributed by atoms with Crippen LogP contribution in [0.1, 0.15) is 37.4 Å². The van der Waals surface area contributed by atoms with E-state index in [1.54, 1.807) is 6.20 Å². The molecule has 0 fully saturated rings. The summed E-state index contributed by atoms with van der Waals surface area (Å²) in [5.74, 6) is 0.238. The zero-order valence-corrected chi connectivity index (χ0v) is 18.9. The monoisotopic (exact) mass is 442 g/mol. The fourth-order valence-corrected chi connectivity index (χ4v) is 4.17. The van der Waals surface area contributed by atoms with Gasteiger partial charge in [0.1, 0.15) is 0 Å². The lowest BCUT2D eigenvalue weighted by Crippen LogP contribution is -2.16. The van der Waals surface area contributed by atoms with Gasteiger partial charge in [-0.2, -0.15) is 0 Å². The van der Waals surface area contributed by atoms with Gasteiger partial charge in [-0.05, 0) is 54.8 Å². The number of anilines is 1. The molecule has 1 aliphatic rings. The van der Waals surface area contributed by atoms with Crippen LogP contribution in [0.25, 0.3) is 0 Å². The van der Waals surface area contributed by atoms with Gasteiger partial charge in [0.15, 0.2) is 0 Å². The molecule has 0 radical (unpaired) electrons. The summed E-state index contributed by atoms with van der Waals surface area (Å²) in [6, 6.07) is 21.7.